The highest BCUT2D eigenvalue weighted by Crippen LogP contribution is 2.25. The number of benzene rings is 1. The van der Waals surface area contributed by atoms with Gasteiger partial charge in [-0.1, -0.05) is 32.3 Å². The summed E-state index contributed by atoms with van der Waals surface area (Å²) >= 11 is 0. The number of ether oxygens (including phenoxy) is 2. The maximum Gasteiger partial charge on any atom is 0.415 e. The molecule has 6 nitrogen and oxygen atoms in total. The molecule has 1 N–H and O–H groups in total. The molecule has 2 amide bonds. The third-order valence-electron chi connectivity index (χ3n) is 4.34. The van der Waals surface area contributed by atoms with Crippen molar-refractivity contribution in [2.24, 2.45) is 0 Å². The van der Waals surface area contributed by atoms with Gasteiger partial charge < -0.3 is 14.4 Å². The molecule has 1 aliphatic carbocycles. The average Bonchev–Trinajstić information content (AvgIpc) is 2.59. The van der Waals surface area contributed by atoms with Gasteiger partial charge in [-0.25, -0.2) is 9.59 Å². The minimum atomic E-state index is -0.529. The van der Waals surface area contributed by atoms with E-state index in [0.29, 0.717) is 18.0 Å². The number of carbonyl (C=O) groups excluding carboxylic acids is 2. The topological polar surface area (TPSA) is 67.9 Å². The fraction of sp³-hybridized carbons (Fsp3) is 0.600. The third kappa shape index (κ3) is 6.24. The van der Waals surface area contributed by atoms with Gasteiger partial charge in [-0.05, 0) is 45.2 Å². The van der Waals surface area contributed by atoms with Crippen molar-refractivity contribution in [2.45, 2.75) is 71.4 Å². The van der Waals surface area contributed by atoms with E-state index < -0.39 is 6.09 Å². The van der Waals surface area contributed by atoms with Gasteiger partial charge in [0.05, 0.1) is 6.10 Å². The maximum absolute atomic E-state index is 12.7. The zero-order valence-electron chi connectivity index (χ0n) is 16.0. The van der Waals surface area contributed by atoms with Crippen LogP contribution in [0, 0.1) is 0 Å². The molecule has 0 heterocycles. The average molecular weight is 362 g/mol. The molecule has 144 valence electrons. The molecule has 0 aromatic heterocycles. The predicted molar refractivity (Wildman–Crippen MR) is 102 cm³/mol. The molecular weight excluding hydrogens is 332 g/mol. The molecule has 0 saturated heterocycles. The zero-order valence-corrected chi connectivity index (χ0v) is 16.0. The fourth-order valence-electron chi connectivity index (χ4n) is 3.21. The van der Waals surface area contributed by atoms with Crippen molar-refractivity contribution in [3.8, 4) is 5.75 Å². The highest BCUT2D eigenvalue weighted by molar-refractivity contribution is 5.85. The lowest BCUT2D eigenvalue weighted by Crippen LogP contribution is -2.43. The molecule has 1 fully saturated rings. The summed E-state index contributed by atoms with van der Waals surface area (Å²) in [7, 11) is 0. The number of hydrogen-bond acceptors (Lipinski definition) is 4. The van der Waals surface area contributed by atoms with Gasteiger partial charge in [0, 0.05) is 24.3 Å². The van der Waals surface area contributed by atoms with Crippen LogP contribution in [0.5, 0.6) is 5.75 Å². The Morgan fingerprint density at radius 1 is 1.23 bits per heavy atom. The highest BCUT2D eigenvalue weighted by atomic mass is 16.6. The second-order valence-corrected chi connectivity index (χ2v) is 6.96. The van der Waals surface area contributed by atoms with Crippen molar-refractivity contribution in [3.63, 3.8) is 0 Å². The largest absolute Gasteiger partial charge is 0.447 e. The van der Waals surface area contributed by atoms with Crippen LogP contribution >= 0.6 is 0 Å². The van der Waals surface area contributed by atoms with Crippen molar-refractivity contribution in [1.82, 2.24) is 4.90 Å². The van der Waals surface area contributed by atoms with E-state index in [1.54, 1.807) is 38.1 Å². The van der Waals surface area contributed by atoms with E-state index in [1.165, 1.54) is 6.42 Å². The Labute approximate surface area is 155 Å². The summed E-state index contributed by atoms with van der Waals surface area (Å²) in [6, 6.07) is 7.06. The molecule has 0 bridgehead atoms. The third-order valence-corrected chi connectivity index (χ3v) is 4.34. The van der Waals surface area contributed by atoms with Crippen LogP contribution in [0.4, 0.5) is 15.3 Å². The van der Waals surface area contributed by atoms with Crippen LogP contribution in [-0.2, 0) is 4.74 Å². The summed E-state index contributed by atoms with van der Waals surface area (Å²) < 4.78 is 10.6. The van der Waals surface area contributed by atoms with Gasteiger partial charge in [-0.15, -0.1) is 0 Å². The molecule has 0 aliphatic heterocycles. The van der Waals surface area contributed by atoms with Crippen LogP contribution in [-0.4, -0.2) is 35.8 Å². The lowest BCUT2D eigenvalue weighted by Gasteiger charge is -2.33. The second-order valence-electron chi connectivity index (χ2n) is 6.96. The van der Waals surface area contributed by atoms with E-state index >= 15 is 0 Å². The molecule has 1 aliphatic rings. The lowest BCUT2D eigenvalue weighted by atomic mass is 9.94. The highest BCUT2D eigenvalue weighted by Gasteiger charge is 2.26. The molecule has 1 aromatic carbocycles. The van der Waals surface area contributed by atoms with Gasteiger partial charge >= 0.3 is 12.2 Å². The molecule has 0 unspecified atom stereocenters. The first-order chi connectivity index (χ1) is 12.5. The van der Waals surface area contributed by atoms with Crippen LogP contribution in [0.3, 0.4) is 0 Å². The number of amides is 2. The van der Waals surface area contributed by atoms with Gasteiger partial charge in [0.1, 0.15) is 5.75 Å². The van der Waals surface area contributed by atoms with E-state index in [4.69, 9.17) is 9.47 Å². The first-order valence-corrected chi connectivity index (χ1v) is 9.55. The normalized spacial score (nSPS) is 14.8. The van der Waals surface area contributed by atoms with Gasteiger partial charge in [-0.2, -0.15) is 0 Å². The summed E-state index contributed by atoms with van der Waals surface area (Å²) in [5.41, 5.74) is 0.528. The summed E-state index contributed by atoms with van der Waals surface area (Å²) in [5.74, 6) is 0.411. The van der Waals surface area contributed by atoms with Gasteiger partial charge in [0.15, 0.2) is 0 Å². The Bertz CT molecular complexity index is 597. The van der Waals surface area contributed by atoms with E-state index in [2.05, 4.69) is 12.2 Å². The Morgan fingerprint density at radius 3 is 2.62 bits per heavy atom. The van der Waals surface area contributed by atoms with Crippen molar-refractivity contribution >= 4 is 17.9 Å². The van der Waals surface area contributed by atoms with Crippen LogP contribution in [0.15, 0.2) is 24.3 Å². The number of rotatable bonds is 6. The van der Waals surface area contributed by atoms with Crippen LogP contribution in [0.1, 0.15) is 59.3 Å². The van der Waals surface area contributed by atoms with Crippen LogP contribution in [0.2, 0.25) is 0 Å². The minimum absolute atomic E-state index is 0.200. The van der Waals surface area contributed by atoms with Crippen molar-refractivity contribution in [3.05, 3.63) is 24.3 Å². The second kappa shape index (κ2) is 10.0. The van der Waals surface area contributed by atoms with E-state index in [0.717, 1.165) is 32.1 Å². The fourth-order valence-corrected chi connectivity index (χ4v) is 3.21. The Hall–Kier alpha value is -2.24. The zero-order chi connectivity index (χ0) is 18.9. The van der Waals surface area contributed by atoms with Gasteiger partial charge in [0.25, 0.3) is 0 Å². The van der Waals surface area contributed by atoms with E-state index in [9.17, 15) is 9.59 Å². The number of nitrogens with one attached hydrogen (secondary N) is 1. The standard InChI is InChI=1S/C20H30N2O4/c1-4-13-22(17-10-6-5-7-11-17)20(24)26-18-12-8-9-16(14-18)21-19(23)25-15(2)3/h8-9,12,14-15,17H,4-7,10-11,13H2,1-3H3,(H,21,23). The maximum atomic E-state index is 12.7. The van der Waals surface area contributed by atoms with Crippen LogP contribution < -0.4 is 10.1 Å². The lowest BCUT2D eigenvalue weighted by molar-refractivity contribution is 0.117. The van der Waals surface area contributed by atoms with Gasteiger partial charge in [0.2, 0.25) is 0 Å². The molecule has 0 radical (unpaired) electrons. The minimum Gasteiger partial charge on any atom is -0.447 e. The SMILES string of the molecule is CCCN(C(=O)Oc1cccc(NC(=O)OC(C)C)c1)C1CCCCC1. The summed E-state index contributed by atoms with van der Waals surface area (Å²) in [5, 5.41) is 2.64. The van der Waals surface area contributed by atoms with Gasteiger partial charge in [-0.3, -0.25) is 5.32 Å². The Balaban J connectivity index is 2.00. The number of nitrogens with zero attached hydrogens (tertiary/aromatic N) is 1. The molecule has 0 atom stereocenters. The number of carbonyl (C=O) groups is 2. The first kappa shape index (κ1) is 20.1. The van der Waals surface area contributed by atoms with Crippen molar-refractivity contribution in [2.75, 3.05) is 11.9 Å². The summed E-state index contributed by atoms with van der Waals surface area (Å²) in [6.07, 6.45) is 5.49. The molecule has 1 aromatic rings. The van der Waals surface area contributed by atoms with Crippen molar-refractivity contribution in [1.29, 1.82) is 0 Å². The molecule has 6 heteroatoms. The quantitative estimate of drug-likeness (QED) is 0.756. The van der Waals surface area contributed by atoms with E-state index in [1.807, 2.05) is 4.90 Å². The monoisotopic (exact) mass is 362 g/mol. The molecule has 2 rings (SSSR count). The smallest absolute Gasteiger partial charge is 0.415 e. The summed E-state index contributed by atoms with van der Waals surface area (Å²) in [6.45, 7) is 6.33. The predicted octanol–water partition coefficient (Wildman–Crippen LogP) is 5.19. The molecule has 1 saturated carbocycles. The molecular formula is C20H30N2O4. The first-order valence-electron chi connectivity index (χ1n) is 9.55. The summed E-state index contributed by atoms with van der Waals surface area (Å²) in [4.78, 5) is 26.2. The Kier molecular flexibility index (Phi) is 7.75. The molecule has 26 heavy (non-hydrogen) atoms. The molecule has 0 spiro atoms. The number of hydrogen-bond donors (Lipinski definition) is 1. The van der Waals surface area contributed by atoms with E-state index in [-0.39, 0.29) is 18.2 Å². The Morgan fingerprint density at radius 2 is 1.96 bits per heavy atom. The number of anilines is 1. The van der Waals surface area contributed by atoms with Crippen molar-refractivity contribution < 1.29 is 19.1 Å². The van der Waals surface area contributed by atoms with Crippen LogP contribution in [0.25, 0.3) is 0 Å².